The van der Waals surface area contributed by atoms with Gasteiger partial charge in [0.1, 0.15) is 0 Å². The van der Waals surface area contributed by atoms with Crippen LogP contribution in [0, 0.1) is 19.8 Å². The Hall–Kier alpha value is -1.46. The SMILES string of the molecule is Cc1cc(C)c2nc(N(CCN(C)C)C(=O)C3CCCC3)sc2c1. The normalized spacial score (nSPS) is 15.5. The number of benzene rings is 1. The molecule has 0 spiro atoms. The number of aromatic nitrogens is 1. The second-order valence-electron chi connectivity index (χ2n) is 7.20. The maximum absolute atomic E-state index is 13.1. The molecule has 0 N–H and O–H groups in total. The first-order valence-corrected chi connectivity index (χ1v) is 9.61. The standard InChI is InChI=1S/C19H27N3OS/c1-13-11-14(2)17-16(12-13)24-19(20-17)22(10-9-21(3)4)18(23)15-7-5-6-8-15/h11-12,15H,5-10H2,1-4H3. The number of carbonyl (C=O) groups excluding carboxylic acids is 1. The third-order valence-electron chi connectivity index (χ3n) is 4.79. The van der Waals surface area contributed by atoms with Crippen LogP contribution in [0.5, 0.6) is 0 Å². The summed E-state index contributed by atoms with van der Waals surface area (Å²) in [6.07, 6.45) is 4.41. The summed E-state index contributed by atoms with van der Waals surface area (Å²) in [4.78, 5) is 22.0. The average molecular weight is 346 g/mol. The minimum atomic E-state index is 0.182. The Morgan fingerprint density at radius 3 is 2.58 bits per heavy atom. The van der Waals surface area contributed by atoms with Crippen LogP contribution in [0.3, 0.4) is 0 Å². The highest BCUT2D eigenvalue weighted by Crippen LogP contribution is 2.34. The number of anilines is 1. The Labute approximate surface area is 148 Å². The maximum Gasteiger partial charge on any atom is 0.231 e. The molecule has 1 heterocycles. The zero-order valence-corrected chi connectivity index (χ0v) is 15.9. The molecule has 0 saturated heterocycles. The molecule has 2 aromatic rings. The van der Waals surface area contributed by atoms with Crippen LogP contribution in [0.25, 0.3) is 10.2 Å². The van der Waals surface area contributed by atoms with Crippen molar-refractivity contribution in [3.05, 3.63) is 23.3 Å². The highest BCUT2D eigenvalue weighted by atomic mass is 32.1. The van der Waals surface area contributed by atoms with Crippen LogP contribution in [-0.2, 0) is 4.79 Å². The minimum absolute atomic E-state index is 0.182. The van der Waals surface area contributed by atoms with E-state index in [-0.39, 0.29) is 11.8 Å². The Bertz CT molecular complexity index is 732. The Balaban J connectivity index is 1.94. The first kappa shape index (κ1) is 17.4. The van der Waals surface area contributed by atoms with Gasteiger partial charge in [0.05, 0.1) is 10.2 Å². The van der Waals surface area contributed by atoms with Gasteiger partial charge in [-0.15, -0.1) is 0 Å². The van der Waals surface area contributed by atoms with Gasteiger partial charge in [0.25, 0.3) is 0 Å². The summed E-state index contributed by atoms with van der Waals surface area (Å²) >= 11 is 1.65. The summed E-state index contributed by atoms with van der Waals surface area (Å²) in [6, 6.07) is 4.34. The number of hydrogen-bond donors (Lipinski definition) is 0. The van der Waals surface area contributed by atoms with Gasteiger partial charge in [-0.1, -0.05) is 30.2 Å². The molecule has 1 aliphatic rings. The number of likely N-dealkylation sites (N-methyl/N-ethyl adjacent to an activating group) is 1. The van der Waals surface area contributed by atoms with E-state index >= 15 is 0 Å². The summed E-state index contributed by atoms with van der Waals surface area (Å²) in [7, 11) is 4.09. The van der Waals surface area contributed by atoms with Gasteiger partial charge in [-0.3, -0.25) is 9.69 Å². The molecule has 5 heteroatoms. The van der Waals surface area contributed by atoms with E-state index in [4.69, 9.17) is 4.98 Å². The highest BCUT2D eigenvalue weighted by molar-refractivity contribution is 7.22. The fourth-order valence-electron chi connectivity index (χ4n) is 3.47. The molecule has 0 radical (unpaired) electrons. The molecule has 4 nitrogen and oxygen atoms in total. The fraction of sp³-hybridized carbons (Fsp3) is 0.579. The van der Waals surface area contributed by atoms with Crippen molar-refractivity contribution >= 4 is 32.6 Å². The first-order valence-electron chi connectivity index (χ1n) is 8.79. The number of fused-ring (bicyclic) bond motifs is 1. The second kappa shape index (κ2) is 7.19. The van der Waals surface area contributed by atoms with E-state index in [0.717, 1.165) is 30.0 Å². The number of rotatable bonds is 5. The fourth-order valence-corrected chi connectivity index (χ4v) is 4.64. The van der Waals surface area contributed by atoms with E-state index in [1.807, 2.05) is 19.0 Å². The van der Waals surface area contributed by atoms with Crippen molar-refractivity contribution in [2.75, 3.05) is 32.1 Å². The molecule has 24 heavy (non-hydrogen) atoms. The predicted molar refractivity (Wildman–Crippen MR) is 102 cm³/mol. The Kier molecular flexibility index (Phi) is 5.21. The summed E-state index contributed by atoms with van der Waals surface area (Å²) in [5.74, 6) is 0.449. The average Bonchev–Trinajstić information content (AvgIpc) is 3.16. The van der Waals surface area contributed by atoms with Gasteiger partial charge >= 0.3 is 0 Å². The molecule has 1 aliphatic carbocycles. The first-order chi connectivity index (χ1) is 11.5. The molecule has 3 rings (SSSR count). The van der Waals surface area contributed by atoms with Gasteiger partial charge in [0.2, 0.25) is 5.91 Å². The van der Waals surface area contributed by atoms with Gasteiger partial charge in [0, 0.05) is 19.0 Å². The van der Waals surface area contributed by atoms with Crippen molar-refractivity contribution in [3.63, 3.8) is 0 Å². The van der Waals surface area contributed by atoms with Crippen molar-refractivity contribution in [1.29, 1.82) is 0 Å². The monoisotopic (exact) mass is 345 g/mol. The Morgan fingerprint density at radius 1 is 1.21 bits per heavy atom. The van der Waals surface area contributed by atoms with Crippen molar-refractivity contribution in [1.82, 2.24) is 9.88 Å². The molecule has 1 saturated carbocycles. The molecule has 1 fully saturated rings. The van der Waals surface area contributed by atoms with E-state index in [0.29, 0.717) is 6.54 Å². The van der Waals surface area contributed by atoms with Crippen molar-refractivity contribution in [2.24, 2.45) is 5.92 Å². The maximum atomic E-state index is 13.1. The third kappa shape index (κ3) is 3.62. The van der Waals surface area contributed by atoms with E-state index in [2.05, 4.69) is 30.9 Å². The minimum Gasteiger partial charge on any atom is -0.308 e. The lowest BCUT2D eigenvalue weighted by Crippen LogP contribution is -2.39. The molecule has 0 bridgehead atoms. The topological polar surface area (TPSA) is 36.4 Å². The van der Waals surface area contributed by atoms with E-state index in [1.54, 1.807) is 11.3 Å². The van der Waals surface area contributed by atoms with Gasteiger partial charge in [-0.05, 0) is 58.0 Å². The van der Waals surface area contributed by atoms with Crippen molar-refractivity contribution in [2.45, 2.75) is 39.5 Å². The van der Waals surface area contributed by atoms with E-state index in [1.165, 1.54) is 28.7 Å². The van der Waals surface area contributed by atoms with Gasteiger partial charge in [0.15, 0.2) is 5.13 Å². The highest BCUT2D eigenvalue weighted by Gasteiger charge is 2.29. The Morgan fingerprint density at radius 2 is 1.92 bits per heavy atom. The number of hydrogen-bond acceptors (Lipinski definition) is 4. The lowest BCUT2D eigenvalue weighted by molar-refractivity contribution is -0.122. The number of nitrogens with zero attached hydrogens (tertiary/aromatic N) is 3. The predicted octanol–water partition coefficient (Wildman–Crippen LogP) is 4.00. The summed E-state index contributed by atoms with van der Waals surface area (Å²) in [5, 5.41) is 0.859. The van der Waals surface area contributed by atoms with Gasteiger partial charge < -0.3 is 4.90 Å². The van der Waals surface area contributed by atoms with Crippen molar-refractivity contribution < 1.29 is 4.79 Å². The van der Waals surface area contributed by atoms with Crippen LogP contribution < -0.4 is 4.90 Å². The molecular weight excluding hydrogens is 318 g/mol. The number of amides is 1. The smallest absolute Gasteiger partial charge is 0.231 e. The largest absolute Gasteiger partial charge is 0.308 e. The van der Waals surface area contributed by atoms with Crippen molar-refractivity contribution in [3.8, 4) is 0 Å². The van der Waals surface area contributed by atoms with Crippen LogP contribution in [0.1, 0.15) is 36.8 Å². The summed E-state index contributed by atoms with van der Waals surface area (Å²) < 4.78 is 1.18. The van der Waals surface area contributed by atoms with E-state index in [9.17, 15) is 4.79 Å². The second-order valence-corrected chi connectivity index (χ2v) is 8.21. The molecular formula is C19H27N3OS. The zero-order valence-electron chi connectivity index (χ0n) is 15.1. The molecule has 0 aliphatic heterocycles. The quantitative estimate of drug-likeness (QED) is 0.822. The molecule has 0 atom stereocenters. The van der Waals surface area contributed by atoms with Gasteiger partial charge in [-0.25, -0.2) is 4.98 Å². The number of thiazole rings is 1. The van der Waals surface area contributed by atoms with Crippen LogP contribution in [-0.4, -0.2) is 43.0 Å². The van der Waals surface area contributed by atoms with Crippen LogP contribution >= 0.6 is 11.3 Å². The van der Waals surface area contributed by atoms with E-state index < -0.39 is 0 Å². The lowest BCUT2D eigenvalue weighted by atomic mass is 10.1. The molecule has 0 unspecified atom stereocenters. The van der Waals surface area contributed by atoms with Gasteiger partial charge in [-0.2, -0.15) is 0 Å². The molecule has 1 aromatic heterocycles. The number of aryl methyl sites for hydroxylation is 2. The molecule has 1 amide bonds. The molecule has 1 aromatic carbocycles. The summed E-state index contributed by atoms with van der Waals surface area (Å²) in [6.45, 7) is 5.77. The molecule has 130 valence electrons. The lowest BCUT2D eigenvalue weighted by Gasteiger charge is -2.24. The van der Waals surface area contributed by atoms with Crippen LogP contribution in [0.4, 0.5) is 5.13 Å². The number of carbonyl (C=O) groups is 1. The third-order valence-corrected chi connectivity index (χ3v) is 5.82. The summed E-state index contributed by atoms with van der Waals surface area (Å²) in [5.41, 5.74) is 3.47. The zero-order chi connectivity index (χ0) is 17.3. The van der Waals surface area contributed by atoms with Crippen LogP contribution in [0.15, 0.2) is 12.1 Å². The van der Waals surface area contributed by atoms with Crippen LogP contribution in [0.2, 0.25) is 0 Å².